The fraction of sp³-hybridized carbons (Fsp3) is 0.625. The van der Waals surface area contributed by atoms with E-state index in [1.54, 1.807) is 6.07 Å². The molecule has 1 aliphatic rings. The first-order chi connectivity index (χ1) is 9.19. The summed E-state index contributed by atoms with van der Waals surface area (Å²) < 4.78 is 19.5. The van der Waals surface area contributed by atoms with Crippen LogP contribution in [0, 0.1) is 5.82 Å². The van der Waals surface area contributed by atoms with Gasteiger partial charge in [0.2, 0.25) is 0 Å². The lowest BCUT2D eigenvalue weighted by Crippen LogP contribution is -2.46. The zero-order valence-corrected chi connectivity index (χ0v) is 11.9. The number of benzene rings is 1. The highest BCUT2D eigenvalue weighted by atomic mass is 19.1. The van der Waals surface area contributed by atoms with E-state index in [9.17, 15) is 4.39 Å². The predicted molar refractivity (Wildman–Crippen MR) is 75.5 cm³/mol. The van der Waals surface area contributed by atoms with Gasteiger partial charge in [-0.05, 0) is 31.7 Å². The number of ether oxygens (including phenoxy) is 1. The third-order valence-corrected chi connectivity index (χ3v) is 4.32. The van der Waals surface area contributed by atoms with Crippen LogP contribution in [0.25, 0.3) is 0 Å². The summed E-state index contributed by atoms with van der Waals surface area (Å²) in [7, 11) is 0. The monoisotopic (exact) mass is 265 g/mol. The van der Waals surface area contributed by atoms with Crippen molar-refractivity contribution in [2.24, 2.45) is 0 Å². The largest absolute Gasteiger partial charge is 0.375 e. The quantitative estimate of drug-likeness (QED) is 0.877. The van der Waals surface area contributed by atoms with E-state index in [0.29, 0.717) is 12.6 Å². The number of halogens is 1. The zero-order valence-electron chi connectivity index (χ0n) is 11.9. The van der Waals surface area contributed by atoms with Crippen LogP contribution in [0.3, 0.4) is 0 Å². The molecule has 0 amide bonds. The third kappa shape index (κ3) is 3.54. The van der Waals surface area contributed by atoms with Gasteiger partial charge in [-0.1, -0.05) is 32.0 Å². The second-order valence-electron chi connectivity index (χ2n) is 5.40. The first-order valence-electron chi connectivity index (χ1n) is 7.30. The summed E-state index contributed by atoms with van der Waals surface area (Å²) in [4.78, 5) is 0. The van der Waals surface area contributed by atoms with Gasteiger partial charge in [0.15, 0.2) is 0 Å². The van der Waals surface area contributed by atoms with Gasteiger partial charge in [-0.25, -0.2) is 4.39 Å². The summed E-state index contributed by atoms with van der Waals surface area (Å²) in [5.41, 5.74) is 0.762. The van der Waals surface area contributed by atoms with Crippen molar-refractivity contribution in [1.82, 2.24) is 5.32 Å². The van der Waals surface area contributed by atoms with Crippen LogP contribution in [0.1, 0.15) is 45.1 Å². The Morgan fingerprint density at radius 1 is 1.32 bits per heavy atom. The Morgan fingerprint density at radius 3 is 2.74 bits per heavy atom. The molecule has 1 aromatic carbocycles. The van der Waals surface area contributed by atoms with Crippen LogP contribution >= 0.6 is 0 Å². The first kappa shape index (κ1) is 14.5. The Kier molecular flexibility index (Phi) is 4.94. The van der Waals surface area contributed by atoms with Gasteiger partial charge in [-0.3, -0.25) is 0 Å². The normalized spacial score (nSPS) is 22.4. The fourth-order valence-corrected chi connectivity index (χ4v) is 2.84. The molecule has 0 radical (unpaired) electrons. The predicted octanol–water partition coefficient (Wildman–Crippen LogP) is 3.65. The molecule has 1 atom stereocenters. The molecule has 1 N–H and O–H groups in total. The molecule has 0 bridgehead atoms. The molecule has 1 aromatic rings. The minimum absolute atomic E-state index is 0.0190. The topological polar surface area (TPSA) is 21.3 Å². The van der Waals surface area contributed by atoms with Crippen molar-refractivity contribution >= 4 is 0 Å². The van der Waals surface area contributed by atoms with Crippen molar-refractivity contribution < 1.29 is 9.13 Å². The Labute approximate surface area is 115 Å². The average Bonchev–Trinajstić information content (AvgIpc) is 2.46. The molecular weight excluding hydrogens is 241 g/mol. The molecule has 106 valence electrons. The van der Waals surface area contributed by atoms with E-state index in [4.69, 9.17) is 4.74 Å². The van der Waals surface area contributed by atoms with Crippen molar-refractivity contribution in [1.29, 1.82) is 0 Å². The number of nitrogens with one attached hydrogen (secondary N) is 1. The highest BCUT2D eigenvalue weighted by molar-refractivity contribution is 5.17. The van der Waals surface area contributed by atoms with Crippen LogP contribution < -0.4 is 5.32 Å². The second-order valence-corrected chi connectivity index (χ2v) is 5.40. The lowest BCUT2D eigenvalue weighted by Gasteiger charge is -2.40. The summed E-state index contributed by atoms with van der Waals surface area (Å²) in [5, 5.41) is 3.48. The van der Waals surface area contributed by atoms with Gasteiger partial charge in [0.1, 0.15) is 5.82 Å². The molecule has 19 heavy (non-hydrogen) atoms. The molecular formula is C16H24FNO. The minimum Gasteiger partial charge on any atom is -0.375 e. The third-order valence-electron chi connectivity index (χ3n) is 4.32. The van der Waals surface area contributed by atoms with Crippen LogP contribution in [0.5, 0.6) is 0 Å². The summed E-state index contributed by atoms with van der Waals surface area (Å²) >= 11 is 0. The van der Waals surface area contributed by atoms with Crippen LogP contribution in [-0.4, -0.2) is 18.2 Å². The maximum Gasteiger partial charge on any atom is 0.127 e. The van der Waals surface area contributed by atoms with Crippen LogP contribution in [0.4, 0.5) is 4.39 Å². The van der Waals surface area contributed by atoms with E-state index >= 15 is 0 Å². The smallest absolute Gasteiger partial charge is 0.127 e. The van der Waals surface area contributed by atoms with Crippen LogP contribution in [0.15, 0.2) is 24.3 Å². The molecule has 1 saturated heterocycles. The number of hydrogen-bond acceptors (Lipinski definition) is 2. The minimum atomic E-state index is -0.126. The Bertz CT molecular complexity index is 403. The SMILES string of the molecule is CCC1(CC)CC(NCc2ccccc2F)CCO1. The average molecular weight is 265 g/mol. The van der Waals surface area contributed by atoms with Crippen LogP contribution in [0.2, 0.25) is 0 Å². The van der Waals surface area contributed by atoms with Gasteiger partial charge < -0.3 is 10.1 Å². The van der Waals surface area contributed by atoms with E-state index in [2.05, 4.69) is 19.2 Å². The number of rotatable bonds is 5. The molecule has 0 aliphatic carbocycles. The fourth-order valence-electron chi connectivity index (χ4n) is 2.84. The van der Waals surface area contributed by atoms with E-state index in [1.807, 2.05) is 12.1 Å². The lowest BCUT2D eigenvalue weighted by molar-refractivity contribution is -0.0932. The lowest BCUT2D eigenvalue weighted by atomic mass is 9.86. The molecule has 0 aromatic heterocycles. The highest BCUT2D eigenvalue weighted by Gasteiger charge is 2.34. The maximum atomic E-state index is 13.6. The van der Waals surface area contributed by atoms with Gasteiger partial charge in [-0.15, -0.1) is 0 Å². The standard InChI is InChI=1S/C16H24FNO/c1-3-16(4-2)11-14(9-10-19-16)18-12-13-7-5-6-8-15(13)17/h5-8,14,18H,3-4,9-12H2,1-2H3. The molecule has 0 saturated carbocycles. The molecule has 1 aliphatic heterocycles. The second kappa shape index (κ2) is 6.49. The zero-order chi connectivity index (χ0) is 13.7. The molecule has 3 heteroatoms. The van der Waals surface area contributed by atoms with E-state index < -0.39 is 0 Å². The summed E-state index contributed by atoms with van der Waals surface area (Å²) in [6.45, 7) is 5.77. The highest BCUT2D eigenvalue weighted by Crippen LogP contribution is 2.31. The van der Waals surface area contributed by atoms with Crippen molar-refractivity contribution in [2.75, 3.05) is 6.61 Å². The van der Waals surface area contributed by atoms with Gasteiger partial charge in [0.25, 0.3) is 0 Å². The Hall–Kier alpha value is -0.930. The van der Waals surface area contributed by atoms with Crippen molar-refractivity contribution in [3.63, 3.8) is 0 Å². The van der Waals surface area contributed by atoms with Gasteiger partial charge >= 0.3 is 0 Å². The Morgan fingerprint density at radius 2 is 2.05 bits per heavy atom. The molecule has 0 spiro atoms. The van der Waals surface area contributed by atoms with Crippen LogP contribution in [-0.2, 0) is 11.3 Å². The molecule has 1 heterocycles. The maximum absolute atomic E-state index is 13.6. The van der Waals surface area contributed by atoms with Gasteiger partial charge in [0, 0.05) is 24.8 Å². The summed E-state index contributed by atoms with van der Waals surface area (Å²) in [6, 6.07) is 7.39. The van der Waals surface area contributed by atoms with E-state index in [-0.39, 0.29) is 11.4 Å². The van der Waals surface area contributed by atoms with Gasteiger partial charge in [0.05, 0.1) is 5.60 Å². The van der Waals surface area contributed by atoms with Gasteiger partial charge in [-0.2, -0.15) is 0 Å². The van der Waals surface area contributed by atoms with E-state index in [1.165, 1.54) is 6.07 Å². The van der Waals surface area contributed by atoms with Crippen molar-refractivity contribution in [2.45, 2.75) is 57.7 Å². The van der Waals surface area contributed by atoms with Crippen molar-refractivity contribution in [3.8, 4) is 0 Å². The summed E-state index contributed by atoms with van der Waals surface area (Å²) in [5.74, 6) is -0.126. The molecule has 2 rings (SSSR count). The number of hydrogen-bond donors (Lipinski definition) is 1. The molecule has 1 unspecified atom stereocenters. The Balaban J connectivity index is 1.91. The summed E-state index contributed by atoms with van der Waals surface area (Å²) in [6.07, 6.45) is 4.12. The van der Waals surface area contributed by atoms with E-state index in [0.717, 1.165) is 37.9 Å². The molecule has 2 nitrogen and oxygen atoms in total. The van der Waals surface area contributed by atoms with Crippen molar-refractivity contribution in [3.05, 3.63) is 35.6 Å². The molecule has 1 fully saturated rings. The first-order valence-corrected chi connectivity index (χ1v) is 7.30.